The van der Waals surface area contributed by atoms with Crippen molar-refractivity contribution in [2.75, 3.05) is 11.9 Å². The first-order chi connectivity index (χ1) is 10.2. The molecule has 1 amide bonds. The van der Waals surface area contributed by atoms with Gasteiger partial charge in [0.15, 0.2) is 0 Å². The second-order valence-electron chi connectivity index (χ2n) is 5.62. The predicted octanol–water partition coefficient (Wildman–Crippen LogP) is 2.56. The fourth-order valence-electron chi connectivity index (χ4n) is 2.86. The van der Waals surface area contributed by atoms with Gasteiger partial charge in [-0.15, -0.1) is 24.8 Å². The fourth-order valence-corrected chi connectivity index (χ4v) is 2.86. The van der Waals surface area contributed by atoms with Gasteiger partial charge in [0, 0.05) is 35.9 Å². The third kappa shape index (κ3) is 4.38. The van der Waals surface area contributed by atoms with E-state index in [0.29, 0.717) is 13.0 Å². The number of anilines is 1. The Kier molecular flexibility index (Phi) is 7.35. The Morgan fingerprint density at radius 2 is 2.17 bits per heavy atom. The second kappa shape index (κ2) is 8.55. The average molecular weight is 360 g/mol. The topological polar surface area (TPSA) is 66.3 Å². The van der Waals surface area contributed by atoms with Crippen molar-refractivity contribution in [1.29, 1.82) is 0 Å². The number of nitrogens with one attached hydrogen (secondary N) is 2. The number of hydrogen-bond acceptors (Lipinski definition) is 3. The van der Waals surface area contributed by atoms with Crippen molar-refractivity contribution < 1.29 is 9.90 Å². The lowest BCUT2D eigenvalue weighted by Crippen LogP contribution is -2.35. The monoisotopic (exact) mass is 359 g/mol. The predicted molar refractivity (Wildman–Crippen MR) is 97.8 cm³/mol. The molecular weight excluding hydrogens is 337 g/mol. The van der Waals surface area contributed by atoms with Crippen LogP contribution in [-0.4, -0.2) is 34.3 Å². The lowest BCUT2D eigenvalue weighted by atomic mass is 10.2. The number of benzene rings is 1. The van der Waals surface area contributed by atoms with Gasteiger partial charge < -0.3 is 20.3 Å². The van der Waals surface area contributed by atoms with Gasteiger partial charge in [0.05, 0.1) is 12.1 Å². The molecule has 0 radical (unpaired) electrons. The minimum Gasteiger partial charge on any atom is -0.392 e. The highest BCUT2D eigenvalue weighted by atomic mass is 35.5. The molecule has 23 heavy (non-hydrogen) atoms. The standard InChI is InChI=1S/C16H21N3O2.2ClH/c1-2-6-19-7-5-11-8-12(3-4-15(11)19)18-16(21)14-9-13(20)10-17-14;;/h3-5,7-8,13-14,17,20H,2,6,9-10H2,1H3,(H,18,21);2*1H. The fraction of sp³-hybridized carbons (Fsp3) is 0.438. The number of amides is 1. The van der Waals surface area contributed by atoms with Gasteiger partial charge in [0.2, 0.25) is 5.91 Å². The molecule has 3 rings (SSSR count). The van der Waals surface area contributed by atoms with Crippen LogP contribution in [0.3, 0.4) is 0 Å². The molecule has 1 aliphatic rings. The first-order valence-corrected chi connectivity index (χ1v) is 7.48. The summed E-state index contributed by atoms with van der Waals surface area (Å²) in [5.74, 6) is -0.0844. The summed E-state index contributed by atoms with van der Waals surface area (Å²) >= 11 is 0. The number of rotatable bonds is 4. The van der Waals surface area contributed by atoms with E-state index in [-0.39, 0.29) is 36.8 Å². The molecule has 7 heteroatoms. The van der Waals surface area contributed by atoms with Crippen molar-refractivity contribution in [1.82, 2.24) is 9.88 Å². The van der Waals surface area contributed by atoms with E-state index in [4.69, 9.17) is 0 Å². The van der Waals surface area contributed by atoms with E-state index in [9.17, 15) is 9.90 Å². The number of hydrogen-bond donors (Lipinski definition) is 3. The lowest BCUT2D eigenvalue weighted by Gasteiger charge is -2.11. The van der Waals surface area contributed by atoms with E-state index < -0.39 is 6.10 Å². The molecule has 1 saturated heterocycles. The van der Waals surface area contributed by atoms with E-state index in [0.717, 1.165) is 24.0 Å². The minimum absolute atomic E-state index is 0. The first-order valence-electron chi connectivity index (χ1n) is 7.48. The number of aliphatic hydroxyl groups excluding tert-OH is 1. The third-order valence-electron chi connectivity index (χ3n) is 3.93. The van der Waals surface area contributed by atoms with Crippen LogP contribution >= 0.6 is 24.8 Å². The first kappa shape index (κ1) is 19.8. The molecule has 1 aromatic carbocycles. The van der Waals surface area contributed by atoms with Crippen LogP contribution in [0.25, 0.3) is 10.9 Å². The maximum atomic E-state index is 12.1. The van der Waals surface area contributed by atoms with Crippen molar-refractivity contribution in [3.8, 4) is 0 Å². The maximum Gasteiger partial charge on any atom is 0.241 e. The van der Waals surface area contributed by atoms with E-state index in [1.54, 1.807) is 0 Å². The molecular formula is C16H23Cl2N3O2. The van der Waals surface area contributed by atoms with Gasteiger partial charge in [0.1, 0.15) is 0 Å². The van der Waals surface area contributed by atoms with E-state index >= 15 is 0 Å². The summed E-state index contributed by atoms with van der Waals surface area (Å²) in [5.41, 5.74) is 1.98. The van der Waals surface area contributed by atoms with Crippen LogP contribution in [0.4, 0.5) is 5.69 Å². The average Bonchev–Trinajstić information content (AvgIpc) is 3.06. The zero-order valence-corrected chi connectivity index (χ0v) is 14.6. The maximum absolute atomic E-state index is 12.1. The van der Waals surface area contributed by atoms with E-state index in [1.807, 2.05) is 18.2 Å². The number of β-amino-alcohol motifs (C(OH)–C–C–N with tert-alkyl or cyclic N) is 1. The smallest absolute Gasteiger partial charge is 0.241 e. The van der Waals surface area contributed by atoms with Crippen LogP contribution in [0.15, 0.2) is 30.5 Å². The normalized spacial score (nSPS) is 19.9. The Labute approximate surface area is 148 Å². The number of aryl methyl sites for hydroxylation is 1. The molecule has 2 heterocycles. The summed E-state index contributed by atoms with van der Waals surface area (Å²) in [4.78, 5) is 12.1. The van der Waals surface area contributed by atoms with Gasteiger partial charge in [-0.25, -0.2) is 0 Å². The van der Waals surface area contributed by atoms with Gasteiger partial charge in [-0.1, -0.05) is 6.92 Å². The van der Waals surface area contributed by atoms with Gasteiger partial charge in [-0.2, -0.15) is 0 Å². The molecule has 0 aliphatic carbocycles. The Bertz CT molecular complexity index is 660. The highest BCUT2D eigenvalue weighted by molar-refractivity contribution is 5.97. The van der Waals surface area contributed by atoms with E-state index in [2.05, 4.69) is 34.4 Å². The van der Waals surface area contributed by atoms with Crippen LogP contribution < -0.4 is 10.6 Å². The highest BCUT2D eigenvalue weighted by Gasteiger charge is 2.27. The molecule has 1 fully saturated rings. The molecule has 1 aliphatic heterocycles. The number of fused-ring (bicyclic) bond motifs is 1. The molecule has 0 spiro atoms. The number of halogens is 2. The summed E-state index contributed by atoms with van der Waals surface area (Å²) in [6.45, 7) is 3.64. The van der Waals surface area contributed by atoms with Crippen LogP contribution in [0, 0.1) is 0 Å². The van der Waals surface area contributed by atoms with Gasteiger partial charge >= 0.3 is 0 Å². The minimum atomic E-state index is -0.425. The van der Waals surface area contributed by atoms with Gasteiger partial charge in [0.25, 0.3) is 0 Å². The number of carbonyl (C=O) groups is 1. The summed E-state index contributed by atoms with van der Waals surface area (Å²) in [5, 5.41) is 16.5. The second-order valence-corrected chi connectivity index (χ2v) is 5.62. The molecule has 128 valence electrons. The Morgan fingerprint density at radius 3 is 2.83 bits per heavy atom. The van der Waals surface area contributed by atoms with Crippen molar-refractivity contribution in [3.05, 3.63) is 30.5 Å². The van der Waals surface area contributed by atoms with Crippen LogP contribution in [0.5, 0.6) is 0 Å². The molecule has 5 nitrogen and oxygen atoms in total. The Morgan fingerprint density at radius 1 is 1.39 bits per heavy atom. The summed E-state index contributed by atoms with van der Waals surface area (Å²) < 4.78 is 2.22. The van der Waals surface area contributed by atoms with Crippen molar-refractivity contribution in [3.63, 3.8) is 0 Å². The van der Waals surface area contributed by atoms with Crippen LogP contribution in [-0.2, 0) is 11.3 Å². The largest absolute Gasteiger partial charge is 0.392 e. The van der Waals surface area contributed by atoms with Crippen LogP contribution in [0.1, 0.15) is 19.8 Å². The number of aromatic nitrogens is 1. The third-order valence-corrected chi connectivity index (χ3v) is 3.93. The molecule has 0 bridgehead atoms. The lowest BCUT2D eigenvalue weighted by molar-refractivity contribution is -0.117. The molecule has 2 unspecified atom stereocenters. The molecule has 2 aromatic rings. The number of nitrogens with zero attached hydrogens (tertiary/aromatic N) is 1. The Hall–Kier alpha value is -1.27. The Balaban J connectivity index is 0.00000132. The zero-order chi connectivity index (χ0) is 14.8. The molecule has 2 atom stereocenters. The molecule has 0 saturated carbocycles. The van der Waals surface area contributed by atoms with E-state index in [1.165, 1.54) is 5.52 Å². The van der Waals surface area contributed by atoms with Gasteiger partial charge in [-0.3, -0.25) is 4.79 Å². The summed E-state index contributed by atoms with van der Waals surface area (Å²) in [6, 6.07) is 7.72. The molecule has 3 N–H and O–H groups in total. The zero-order valence-electron chi connectivity index (χ0n) is 13.0. The van der Waals surface area contributed by atoms with Crippen molar-refractivity contribution in [2.24, 2.45) is 0 Å². The highest BCUT2D eigenvalue weighted by Crippen LogP contribution is 2.21. The van der Waals surface area contributed by atoms with Gasteiger partial charge in [-0.05, 0) is 37.1 Å². The number of carbonyl (C=O) groups excluding carboxylic acids is 1. The number of aliphatic hydroxyl groups is 1. The quantitative estimate of drug-likeness (QED) is 0.785. The molecule has 1 aromatic heterocycles. The summed E-state index contributed by atoms with van der Waals surface area (Å²) in [7, 11) is 0. The SMILES string of the molecule is CCCn1ccc2cc(NC(=O)C3CC(O)CN3)ccc21.Cl.Cl. The van der Waals surface area contributed by atoms with Crippen molar-refractivity contribution in [2.45, 2.75) is 38.5 Å². The van der Waals surface area contributed by atoms with Crippen LogP contribution in [0.2, 0.25) is 0 Å². The van der Waals surface area contributed by atoms with Crippen molar-refractivity contribution >= 4 is 47.3 Å². The summed E-state index contributed by atoms with van der Waals surface area (Å²) in [6.07, 6.45) is 3.22.